The van der Waals surface area contributed by atoms with Gasteiger partial charge in [0, 0.05) is 0 Å². The molecule has 2 radical (unpaired) electrons. The largest absolute Gasteiger partial charge is 0.308 e. The highest BCUT2D eigenvalue weighted by Gasteiger charge is 1.94. The molecule has 1 heterocycles. The predicted octanol–water partition coefficient (Wildman–Crippen LogP) is 0.409. The van der Waals surface area contributed by atoms with Crippen molar-refractivity contribution in [3.05, 3.63) is 6.54 Å². The lowest BCUT2D eigenvalue weighted by Gasteiger charge is -1.74. The summed E-state index contributed by atoms with van der Waals surface area (Å²) in [5.41, 5.74) is 0. The maximum Gasteiger partial charge on any atom is 0.0586 e. The van der Waals surface area contributed by atoms with E-state index in [9.17, 15) is 0 Å². The lowest BCUT2D eigenvalue weighted by atomic mass is 10.4. The molecule has 0 spiro atoms. The first kappa shape index (κ1) is 3.16. The summed E-state index contributed by atoms with van der Waals surface area (Å²) in [6, 6.07) is 0. The maximum absolute atomic E-state index is 2.97. The van der Waals surface area contributed by atoms with Crippen LogP contribution in [0.15, 0.2) is 0 Å². The van der Waals surface area contributed by atoms with Gasteiger partial charge >= 0.3 is 0 Å². The molecule has 28 valence electrons. The summed E-state index contributed by atoms with van der Waals surface area (Å²) in [4.78, 5) is 0. The first-order chi connectivity index (χ1) is 2.50. The van der Waals surface area contributed by atoms with Crippen LogP contribution in [0, 0.1) is 6.54 Å². The monoisotopic (exact) mass is 69.1 g/mol. The number of hydrogen-bond acceptors (Lipinski definition) is 1. The number of hydrogen-bond donors (Lipinski definition) is 1. The van der Waals surface area contributed by atoms with Crippen LogP contribution in [-0.4, -0.2) is 6.54 Å². The Morgan fingerprint density at radius 2 is 2.60 bits per heavy atom. The summed E-state index contributed by atoms with van der Waals surface area (Å²) in [7, 11) is 0. The summed E-state index contributed by atoms with van der Waals surface area (Å²) in [5.74, 6) is 0. The Bertz CT molecular complexity index is 15.2. The van der Waals surface area contributed by atoms with Crippen LogP contribution >= 0.6 is 0 Å². The van der Waals surface area contributed by atoms with Crippen molar-refractivity contribution < 1.29 is 0 Å². The number of nitrogens with one attached hydrogen (secondary N) is 1. The van der Waals surface area contributed by atoms with Gasteiger partial charge in [0.2, 0.25) is 0 Å². The van der Waals surface area contributed by atoms with Gasteiger partial charge in [-0.15, -0.1) is 0 Å². The van der Waals surface area contributed by atoms with E-state index in [4.69, 9.17) is 0 Å². The van der Waals surface area contributed by atoms with Gasteiger partial charge in [-0.05, 0) is 19.4 Å². The summed E-state index contributed by atoms with van der Waals surface area (Å²) < 4.78 is 0. The molecule has 0 atom stereocenters. The molecule has 1 fully saturated rings. The van der Waals surface area contributed by atoms with E-state index < -0.39 is 0 Å². The molecule has 0 aromatic heterocycles. The van der Waals surface area contributed by atoms with Crippen LogP contribution in [0.1, 0.15) is 12.8 Å². The van der Waals surface area contributed by atoms with Crippen LogP contribution < -0.4 is 5.32 Å². The van der Waals surface area contributed by atoms with E-state index in [2.05, 4.69) is 11.9 Å². The highest BCUT2D eigenvalue weighted by atomic mass is 14.9. The molecule has 1 N–H and O–H groups in total. The molecule has 1 aliphatic heterocycles. The minimum atomic E-state index is 1.14. The zero-order valence-corrected chi connectivity index (χ0v) is 3.12. The van der Waals surface area contributed by atoms with Gasteiger partial charge in [0.1, 0.15) is 0 Å². The van der Waals surface area contributed by atoms with Gasteiger partial charge < -0.3 is 5.32 Å². The summed E-state index contributed by atoms with van der Waals surface area (Å²) >= 11 is 0. The van der Waals surface area contributed by atoms with Crippen LogP contribution in [0.5, 0.6) is 0 Å². The average Bonchev–Trinajstić information content (AvgIpc) is 1.76. The fourth-order valence-electron chi connectivity index (χ4n) is 0.442. The second-order valence-electron chi connectivity index (χ2n) is 1.21. The molecule has 1 heteroatoms. The highest BCUT2D eigenvalue weighted by Crippen LogP contribution is 1.95. The number of rotatable bonds is 0. The van der Waals surface area contributed by atoms with E-state index in [-0.39, 0.29) is 0 Å². The Morgan fingerprint density at radius 3 is 2.80 bits per heavy atom. The molecule has 0 amide bonds. The Kier molecular flexibility index (Phi) is 0.892. The fraction of sp³-hybridized carbons (Fsp3) is 0.750. The van der Waals surface area contributed by atoms with Gasteiger partial charge in [-0.3, -0.25) is 0 Å². The van der Waals surface area contributed by atoms with Gasteiger partial charge in [-0.1, -0.05) is 0 Å². The predicted molar refractivity (Wildman–Crippen MR) is 20.5 cm³/mol. The van der Waals surface area contributed by atoms with Crippen molar-refractivity contribution in [2.45, 2.75) is 12.8 Å². The van der Waals surface area contributed by atoms with Gasteiger partial charge in [0.05, 0.1) is 6.54 Å². The molecule has 1 rings (SSSR count). The van der Waals surface area contributed by atoms with Crippen molar-refractivity contribution in [1.29, 1.82) is 0 Å². The maximum atomic E-state index is 2.97. The van der Waals surface area contributed by atoms with E-state index in [0.717, 1.165) is 13.0 Å². The lowest BCUT2D eigenvalue weighted by molar-refractivity contribution is 0.902. The normalized spacial score (nSPS) is 24.0. The molecule has 1 aliphatic rings. The van der Waals surface area contributed by atoms with Gasteiger partial charge in [0.25, 0.3) is 0 Å². The van der Waals surface area contributed by atoms with Crippen LogP contribution in [0.3, 0.4) is 0 Å². The minimum absolute atomic E-state index is 1.14. The van der Waals surface area contributed by atoms with E-state index >= 15 is 0 Å². The third-order valence-electron chi connectivity index (χ3n) is 0.729. The van der Waals surface area contributed by atoms with Crippen molar-refractivity contribution in [2.75, 3.05) is 6.54 Å². The third-order valence-corrected chi connectivity index (χ3v) is 0.729. The van der Waals surface area contributed by atoms with Crippen LogP contribution in [-0.2, 0) is 0 Å². The highest BCUT2D eigenvalue weighted by molar-refractivity contribution is 4.69. The zero-order chi connectivity index (χ0) is 3.54. The molecule has 5 heavy (non-hydrogen) atoms. The van der Waals surface area contributed by atoms with Crippen molar-refractivity contribution in [3.8, 4) is 0 Å². The second-order valence-corrected chi connectivity index (χ2v) is 1.21. The minimum Gasteiger partial charge on any atom is -0.308 e. The first-order valence-corrected chi connectivity index (χ1v) is 1.96. The Morgan fingerprint density at radius 1 is 1.60 bits per heavy atom. The summed E-state index contributed by atoms with van der Waals surface area (Å²) in [6.07, 6.45) is 2.42. The summed E-state index contributed by atoms with van der Waals surface area (Å²) in [5, 5.41) is 2.97. The second kappa shape index (κ2) is 1.41. The molecule has 1 saturated heterocycles. The average molecular weight is 69.1 g/mol. The first-order valence-electron chi connectivity index (χ1n) is 1.96. The van der Waals surface area contributed by atoms with E-state index in [0.29, 0.717) is 0 Å². The lowest BCUT2D eigenvalue weighted by Crippen LogP contribution is -1.98. The van der Waals surface area contributed by atoms with E-state index in [1.165, 1.54) is 6.42 Å². The van der Waals surface area contributed by atoms with Gasteiger partial charge in [0.15, 0.2) is 0 Å². The molecular weight excluding hydrogens is 62.1 g/mol. The molecule has 0 unspecified atom stereocenters. The molecule has 1 nitrogen and oxygen atoms in total. The van der Waals surface area contributed by atoms with Crippen LogP contribution in [0.4, 0.5) is 0 Å². The Hall–Kier alpha value is -0.0400. The van der Waals surface area contributed by atoms with Crippen molar-refractivity contribution in [2.24, 2.45) is 0 Å². The fourth-order valence-corrected chi connectivity index (χ4v) is 0.442. The van der Waals surface area contributed by atoms with Crippen molar-refractivity contribution in [1.82, 2.24) is 5.32 Å². The Balaban J connectivity index is 2.08. The molecule has 0 saturated carbocycles. The van der Waals surface area contributed by atoms with Crippen LogP contribution in [0.25, 0.3) is 0 Å². The van der Waals surface area contributed by atoms with E-state index in [1.807, 2.05) is 0 Å². The smallest absolute Gasteiger partial charge is 0.0586 e. The van der Waals surface area contributed by atoms with Gasteiger partial charge in [-0.2, -0.15) is 0 Å². The molecule has 0 aromatic rings. The topological polar surface area (TPSA) is 12.0 Å². The van der Waals surface area contributed by atoms with Crippen molar-refractivity contribution >= 4 is 0 Å². The standard InChI is InChI=1S/C4H7N/c1-2-4-5-3-1/h5H,1-3H2. The molecular formula is C4H7N. The van der Waals surface area contributed by atoms with E-state index in [1.54, 1.807) is 0 Å². The third kappa shape index (κ3) is 0.618. The Labute approximate surface area is 32.4 Å². The molecule has 0 bridgehead atoms. The SMILES string of the molecule is [C]1CCCN1. The van der Waals surface area contributed by atoms with Crippen LogP contribution in [0.2, 0.25) is 0 Å². The van der Waals surface area contributed by atoms with Crippen molar-refractivity contribution in [3.63, 3.8) is 0 Å². The molecule has 0 aliphatic carbocycles. The molecule has 0 aromatic carbocycles. The quantitative estimate of drug-likeness (QED) is 0.434. The zero-order valence-electron chi connectivity index (χ0n) is 3.12. The summed E-state index contributed by atoms with van der Waals surface area (Å²) in [6.45, 7) is 4.11. The van der Waals surface area contributed by atoms with Gasteiger partial charge in [-0.25, -0.2) is 0 Å².